The van der Waals surface area contributed by atoms with Gasteiger partial charge in [0.15, 0.2) is 6.10 Å². The number of pyridine rings is 1. The van der Waals surface area contributed by atoms with E-state index in [4.69, 9.17) is 9.47 Å². The van der Waals surface area contributed by atoms with Crippen LogP contribution in [0.1, 0.15) is 17.2 Å². The molecule has 1 unspecified atom stereocenters. The number of ether oxygens (including phenoxy) is 2. The summed E-state index contributed by atoms with van der Waals surface area (Å²) in [5, 5.41) is 0. The summed E-state index contributed by atoms with van der Waals surface area (Å²) in [6.45, 7) is 2.29. The summed E-state index contributed by atoms with van der Waals surface area (Å²) >= 11 is 0. The van der Waals surface area contributed by atoms with Crippen LogP contribution in [0.5, 0.6) is 11.5 Å². The molecule has 0 radical (unpaired) electrons. The predicted octanol–water partition coefficient (Wildman–Crippen LogP) is 5.35. The molecule has 4 aromatic rings. The Hall–Kier alpha value is -3.79. The molecule has 0 N–H and O–H groups in total. The monoisotopic (exact) mass is 397 g/mol. The van der Waals surface area contributed by atoms with Gasteiger partial charge in [0.1, 0.15) is 18.1 Å². The van der Waals surface area contributed by atoms with E-state index in [0.29, 0.717) is 5.75 Å². The van der Waals surface area contributed by atoms with Crippen molar-refractivity contribution < 1.29 is 9.47 Å². The molecule has 4 heteroatoms. The van der Waals surface area contributed by atoms with Crippen LogP contribution < -0.4 is 15.0 Å². The van der Waals surface area contributed by atoms with E-state index in [1.165, 1.54) is 6.07 Å². The third-order valence-corrected chi connectivity index (χ3v) is 4.77. The highest BCUT2D eigenvalue weighted by atomic mass is 16.5. The minimum Gasteiger partial charge on any atom is -0.489 e. The van der Waals surface area contributed by atoms with Crippen molar-refractivity contribution in [2.24, 2.45) is 0 Å². The maximum Gasteiger partial charge on any atom is 0.258 e. The lowest BCUT2D eigenvalue weighted by Crippen LogP contribution is -2.19. The summed E-state index contributed by atoms with van der Waals surface area (Å²) in [7, 11) is 0. The summed E-state index contributed by atoms with van der Waals surface area (Å²) in [5.41, 5.74) is 2.80. The molecule has 0 spiro atoms. The number of nitrogens with zero attached hydrogens (tertiary/aromatic N) is 1. The lowest BCUT2D eigenvalue weighted by Gasteiger charge is -2.20. The van der Waals surface area contributed by atoms with Crippen LogP contribution in [0.2, 0.25) is 0 Å². The maximum atomic E-state index is 12.6. The second-order valence-corrected chi connectivity index (χ2v) is 7.05. The number of aryl methyl sites for hydroxylation is 1. The van der Waals surface area contributed by atoms with Crippen LogP contribution >= 0.6 is 0 Å². The Bertz CT molecular complexity index is 1150. The first kappa shape index (κ1) is 19.5. The Kier molecular flexibility index (Phi) is 5.95. The van der Waals surface area contributed by atoms with Crippen LogP contribution in [0.15, 0.2) is 108 Å². The number of aromatic nitrogens is 1. The van der Waals surface area contributed by atoms with Gasteiger partial charge in [-0.05, 0) is 48.4 Å². The van der Waals surface area contributed by atoms with E-state index in [-0.39, 0.29) is 18.3 Å². The Morgan fingerprint density at radius 1 is 0.800 bits per heavy atom. The van der Waals surface area contributed by atoms with E-state index >= 15 is 0 Å². The van der Waals surface area contributed by atoms with Gasteiger partial charge in [0.25, 0.3) is 5.56 Å². The van der Waals surface area contributed by atoms with E-state index in [1.54, 1.807) is 16.8 Å². The summed E-state index contributed by atoms with van der Waals surface area (Å²) in [6, 6.07) is 30.7. The molecule has 0 amide bonds. The fourth-order valence-electron chi connectivity index (χ4n) is 3.24. The van der Waals surface area contributed by atoms with Gasteiger partial charge < -0.3 is 9.47 Å². The van der Waals surface area contributed by atoms with Crippen LogP contribution in [-0.2, 0) is 0 Å². The molecule has 1 atom stereocenters. The molecule has 4 rings (SSSR count). The molecule has 0 aliphatic heterocycles. The predicted molar refractivity (Wildman–Crippen MR) is 119 cm³/mol. The Labute approximate surface area is 176 Å². The van der Waals surface area contributed by atoms with Gasteiger partial charge >= 0.3 is 0 Å². The van der Waals surface area contributed by atoms with Crippen molar-refractivity contribution in [2.75, 3.05) is 6.61 Å². The minimum atomic E-state index is -0.298. The van der Waals surface area contributed by atoms with Crippen LogP contribution in [-0.4, -0.2) is 11.2 Å². The van der Waals surface area contributed by atoms with Gasteiger partial charge in [-0.15, -0.1) is 0 Å². The zero-order chi connectivity index (χ0) is 20.8. The van der Waals surface area contributed by atoms with E-state index in [2.05, 4.69) is 0 Å². The van der Waals surface area contributed by atoms with Crippen molar-refractivity contribution in [3.63, 3.8) is 0 Å². The molecular weight excluding hydrogens is 374 g/mol. The SMILES string of the molecule is Cc1cccc(-n2ccc(OCC(Oc3ccccc3)c3ccccc3)cc2=O)c1. The molecule has 0 aliphatic rings. The van der Waals surface area contributed by atoms with Crippen LogP contribution in [0, 0.1) is 6.92 Å². The molecule has 30 heavy (non-hydrogen) atoms. The molecule has 0 bridgehead atoms. The van der Waals surface area contributed by atoms with Gasteiger partial charge in [-0.2, -0.15) is 0 Å². The second-order valence-electron chi connectivity index (χ2n) is 7.05. The van der Waals surface area contributed by atoms with E-state index in [1.807, 2.05) is 91.9 Å². The molecule has 0 aliphatic carbocycles. The smallest absolute Gasteiger partial charge is 0.258 e. The third kappa shape index (κ3) is 4.78. The number of para-hydroxylation sites is 1. The van der Waals surface area contributed by atoms with Crippen LogP contribution in [0.25, 0.3) is 5.69 Å². The number of benzene rings is 3. The summed E-state index contributed by atoms with van der Waals surface area (Å²) in [6.07, 6.45) is 1.44. The quantitative estimate of drug-likeness (QED) is 0.422. The van der Waals surface area contributed by atoms with Crippen molar-refractivity contribution >= 4 is 0 Å². The fraction of sp³-hybridized carbons (Fsp3) is 0.115. The number of hydrogen-bond donors (Lipinski definition) is 0. The normalized spacial score (nSPS) is 11.6. The number of hydrogen-bond acceptors (Lipinski definition) is 3. The Morgan fingerprint density at radius 3 is 2.23 bits per heavy atom. The summed E-state index contributed by atoms with van der Waals surface area (Å²) in [5.74, 6) is 1.28. The zero-order valence-corrected chi connectivity index (χ0v) is 16.8. The first-order valence-electron chi connectivity index (χ1n) is 9.88. The average Bonchev–Trinajstić information content (AvgIpc) is 2.78. The first-order valence-corrected chi connectivity index (χ1v) is 9.88. The third-order valence-electron chi connectivity index (χ3n) is 4.77. The average molecular weight is 397 g/mol. The molecule has 0 saturated heterocycles. The highest BCUT2D eigenvalue weighted by Gasteiger charge is 2.15. The Balaban J connectivity index is 1.52. The van der Waals surface area contributed by atoms with Gasteiger partial charge in [0, 0.05) is 18.0 Å². The lowest BCUT2D eigenvalue weighted by atomic mass is 10.1. The molecular formula is C26H23NO3. The van der Waals surface area contributed by atoms with E-state index in [0.717, 1.165) is 22.6 Å². The minimum absolute atomic E-state index is 0.140. The van der Waals surface area contributed by atoms with Crippen molar-refractivity contribution in [1.82, 2.24) is 4.57 Å². The molecule has 0 saturated carbocycles. The largest absolute Gasteiger partial charge is 0.489 e. The van der Waals surface area contributed by atoms with Gasteiger partial charge in [0.05, 0.1) is 0 Å². The standard InChI is InChI=1S/C26H23NO3/c1-20-9-8-12-22(17-20)27-16-15-24(18-26(27)28)29-19-25(21-10-4-2-5-11-21)30-23-13-6-3-7-14-23/h2-18,25H,19H2,1H3. The second kappa shape index (κ2) is 9.14. The van der Waals surface area contributed by atoms with Gasteiger partial charge in [0.2, 0.25) is 0 Å². The molecule has 150 valence electrons. The van der Waals surface area contributed by atoms with Crippen LogP contribution in [0.4, 0.5) is 0 Å². The van der Waals surface area contributed by atoms with Crippen molar-refractivity contribution in [3.8, 4) is 17.2 Å². The zero-order valence-electron chi connectivity index (χ0n) is 16.8. The van der Waals surface area contributed by atoms with Gasteiger partial charge in [-0.25, -0.2) is 0 Å². The highest BCUT2D eigenvalue weighted by molar-refractivity contribution is 5.37. The van der Waals surface area contributed by atoms with E-state index < -0.39 is 0 Å². The topological polar surface area (TPSA) is 40.5 Å². The molecule has 3 aromatic carbocycles. The Morgan fingerprint density at radius 2 is 1.53 bits per heavy atom. The first-order chi connectivity index (χ1) is 14.7. The maximum absolute atomic E-state index is 12.6. The molecule has 1 aromatic heterocycles. The summed E-state index contributed by atoms with van der Waals surface area (Å²) in [4.78, 5) is 12.6. The molecule has 0 fully saturated rings. The summed E-state index contributed by atoms with van der Waals surface area (Å²) < 4.78 is 13.7. The number of rotatable bonds is 7. The highest BCUT2D eigenvalue weighted by Crippen LogP contribution is 2.23. The fourth-order valence-corrected chi connectivity index (χ4v) is 3.24. The van der Waals surface area contributed by atoms with Crippen molar-refractivity contribution in [1.29, 1.82) is 0 Å². The lowest BCUT2D eigenvalue weighted by molar-refractivity contribution is 0.129. The van der Waals surface area contributed by atoms with Crippen molar-refractivity contribution in [2.45, 2.75) is 13.0 Å². The van der Waals surface area contributed by atoms with E-state index in [9.17, 15) is 4.79 Å². The molecule has 4 nitrogen and oxygen atoms in total. The van der Waals surface area contributed by atoms with Gasteiger partial charge in [-0.1, -0.05) is 60.7 Å². The molecule has 1 heterocycles. The van der Waals surface area contributed by atoms with Gasteiger partial charge in [-0.3, -0.25) is 9.36 Å². The van der Waals surface area contributed by atoms with Crippen LogP contribution in [0.3, 0.4) is 0 Å². The van der Waals surface area contributed by atoms with Crippen molar-refractivity contribution in [3.05, 3.63) is 125 Å².